The first-order chi connectivity index (χ1) is 5.11. The molecule has 0 saturated carbocycles. The molecule has 1 heterocycles. The molecule has 3 unspecified atom stereocenters. The van der Waals surface area contributed by atoms with Crippen molar-refractivity contribution in [2.24, 2.45) is 0 Å². The van der Waals surface area contributed by atoms with Crippen LogP contribution in [0.3, 0.4) is 0 Å². The van der Waals surface area contributed by atoms with Gasteiger partial charge in [0, 0.05) is 14.0 Å². The molecule has 66 valence electrons. The first-order valence-corrected chi connectivity index (χ1v) is 4.11. The molecule has 0 bridgehead atoms. The summed E-state index contributed by atoms with van der Waals surface area (Å²) in [7, 11) is 1.54. The fourth-order valence-corrected chi connectivity index (χ4v) is 1.38. The van der Waals surface area contributed by atoms with E-state index >= 15 is 0 Å². The molecule has 11 heavy (non-hydrogen) atoms. The van der Waals surface area contributed by atoms with Gasteiger partial charge in [-0.3, -0.25) is 0 Å². The van der Waals surface area contributed by atoms with Gasteiger partial charge in [0.25, 0.3) is 5.97 Å². The monoisotopic (exact) mass is 180 g/mol. The summed E-state index contributed by atoms with van der Waals surface area (Å²) in [6.45, 7) is 3.65. The van der Waals surface area contributed by atoms with Crippen LogP contribution >= 0.6 is 11.6 Å². The van der Waals surface area contributed by atoms with Gasteiger partial charge >= 0.3 is 0 Å². The maximum atomic E-state index is 5.63. The Kier molecular flexibility index (Phi) is 2.75. The van der Waals surface area contributed by atoms with Crippen LogP contribution in [0, 0.1) is 0 Å². The first-order valence-electron chi connectivity index (χ1n) is 3.58. The van der Waals surface area contributed by atoms with Crippen LogP contribution in [0.2, 0.25) is 0 Å². The molecule has 0 aromatic carbocycles. The number of alkyl halides is 1. The molecule has 0 aromatic rings. The molecule has 0 spiro atoms. The molecule has 0 aliphatic carbocycles. The highest BCUT2D eigenvalue weighted by Gasteiger charge is 2.42. The minimum atomic E-state index is -0.904. The van der Waals surface area contributed by atoms with Crippen LogP contribution in [0.1, 0.15) is 13.8 Å². The van der Waals surface area contributed by atoms with Crippen molar-refractivity contribution in [1.29, 1.82) is 0 Å². The molecule has 1 fully saturated rings. The normalized spacial score (nSPS) is 44.7. The number of hydrogen-bond donors (Lipinski definition) is 0. The van der Waals surface area contributed by atoms with Crippen molar-refractivity contribution in [3.05, 3.63) is 0 Å². The molecule has 0 radical (unpaired) electrons. The largest absolute Gasteiger partial charge is 0.331 e. The molecule has 1 rings (SSSR count). The Labute approximate surface area is 71.6 Å². The Hall–Kier alpha value is 0.170. The summed E-state index contributed by atoms with van der Waals surface area (Å²) in [5, 5.41) is 0. The molecule has 4 heteroatoms. The van der Waals surface area contributed by atoms with Crippen LogP contribution < -0.4 is 0 Å². The summed E-state index contributed by atoms with van der Waals surface area (Å²) in [4.78, 5) is 0. The van der Waals surface area contributed by atoms with E-state index < -0.39 is 5.97 Å². The van der Waals surface area contributed by atoms with E-state index in [9.17, 15) is 0 Å². The SMILES string of the molecule is COC1(C)OC(C)C(CCl)O1. The summed E-state index contributed by atoms with van der Waals surface area (Å²) >= 11 is 5.63. The maximum absolute atomic E-state index is 5.63. The van der Waals surface area contributed by atoms with Crippen LogP contribution in [0.25, 0.3) is 0 Å². The van der Waals surface area contributed by atoms with E-state index in [0.29, 0.717) is 5.88 Å². The van der Waals surface area contributed by atoms with Crippen LogP contribution in [0.4, 0.5) is 0 Å². The Morgan fingerprint density at radius 1 is 1.55 bits per heavy atom. The average Bonchev–Trinajstić information content (AvgIpc) is 2.27. The molecule has 1 saturated heterocycles. The van der Waals surface area contributed by atoms with E-state index in [1.165, 1.54) is 0 Å². The Balaban J connectivity index is 2.55. The van der Waals surface area contributed by atoms with Crippen LogP contribution in [-0.4, -0.2) is 31.2 Å². The minimum Gasteiger partial charge on any atom is -0.331 e. The van der Waals surface area contributed by atoms with Crippen molar-refractivity contribution in [2.75, 3.05) is 13.0 Å². The highest BCUT2D eigenvalue weighted by molar-refractivity contribution is 6.18. The number of halogens is 1. The average molecular weight is 181 g/mol. The van der Waals surface area contributed by atoms with Gasteiger partial charge in [-0.15, -0.1) is 11.6 Å². The molecular weight excluding hydrogens is 168 g/mol. The zero-order valence-electron chi connectivity index (χ0n) is 6.96. The van der Waals surface area contributed by atoms with Crippen LogP contribution in [0.5, 0.6) is 0 Å². The van der Waals surface area contributed by atoms with Crippen molar-refractivity contribution in [3.63, 3.8) is 0 Å². The van der Waals surface area contributed by atoms with Gasteiger partial charge in [-0.25, -0.2) is 0 Å². The van der Waals surface area contributed by atoms with Crippen molar-refractivity contribution in [3.8, 4) is 0 Å². The lowest BCUT2D eigenvalue weighted by molar-refractivity contribution is -0.316. The van der Waals surface area contributed by atoms with E-state index in [2.05, 4.69) is 0 Å². The van der Waals surface area contributed by atoms with E-state index in [0.717, 1.165) is 0 Å². The van der Waals surface area contributed by atoms with Gasteiger partial charge in [0.05, 0.1) is 12.0 Å². The maximum Gasteiger partial charge on any atom is 0.280 e. The standard InChI is InChI=1S/C7H13ClO3/c1-5-6(4-8)11-7(2,9-3)10-5/h5-6H,4H2,1-3H3. The molecule has 1 aliphatic rings. The summed E-state index contributed by atoms with van der Waals surface area (Å²) in [6.07, 6.45) is -0.0703. The Bertz CT molecular complexity index is 142. The number of hydrogen-bond acceptors (Lipinski definition) is 3. The summed E-state index contributed by atoms with van der Waals surface area (Å²) in [6, 6.07) is 0. The lowest BCUT2D eigenvalue weighted by Crippen LogP contribution is -2.29. The van der Waals surface area contributed by atoms with E-state index in [-0.39, 0.29) is 12.2 Å². The van der Waals surface area contributed by atoms with Crippen LogP contribution in [-0.2, 0) is 14.2 Å². The highest BCUT2D eigenvalue weighted by Crippen LogP contribution is 2.29. The fourth-order valence-electron chi connectivity index (χ4n) is 1.07. The fraction of sp³-hybridized carbons (Fsp3) is 1.00. The molecular formula is C7H13ClO3. The van der Waals surface area contributed by atoms with Crippen molar-refractivity contribution in [2.45, 2.75) is 32.0 Å². The third-order valence-electron chi connectivity index (χ3n) is 1.81. The third kappa shape index (κ3) is 1.85. The number of methoxy groups -OCH3 is 1. The Morgan fingerprint density at radius 2 is 2.18 bits per heavy atom. The van der Waals surface area contributed by atoms with Gasteiger partial charge in [0.15, 0.2) is 0 Å². The zero-order valence-corrected chi connectivity index (χ0v) is 7.72. The quantitative estimate of drug-likeness (QED) is 0.601. The zero-order chi connectivity index (χ0) is 8.48. The summed E-state index contributed by atoms with van der Waals surface area (Å²) in [5.41, 5.74) is 0. The van der Waals surface area contributed by atoms with Gasteiger partial charge in [-0.2, -0.15) is 0 Å². The predicted molar refractivity (Wildman–Crippen MR) is 41.6 cm³/mol. The number of ether oxygens (including phenoxy) is 3. The topological polar surface area (TPSA) is 27.7 Å². The lowest BCUT2D eigenvalue weighted by Gasteiger charge is -2.20. The minimum absolute atomic E-state index is 0.00236. The first kappa shape index (κ1) is 9.26. The molecule has 1 aliphatic heterocycles. The third-order valence-corrected chi connectivity index (χ3v) is 2.12. The molecule has 3 nitrogen and oxygen atoms in total. The second-order valence-electron chi connectivity index (χ2n) is 2.70. The Morgan fingerprint density at radius 3 is 2.45 bits per heavy atom. The van der Waals surface area contributed by atoms with Crippen molar-refractivity contribution >= 4 is 11.6 Å². The van der Waals surface area contributed by atoms with Gasteiger partial charge in [-0.1, -0.05) is 0 Å². The van der Waals surface area contributed by atoms with Gasteiger partial charge in [-0.05, 0) is 6.92 Å². The van der Waals surface area contributed by atoms with Crippen molar-refractivity contribution in [1.82, 2.24) is 0 Å². The van der Waals surface area contributed by atoms with E-state index in [4.69, 9.17) is 25.8 Å². The summed E-state index contributed by atoms with van der Waals surface area (Å²) < 4.78 is 15.8. The lowest BCUT2D eigenvalue weighted by atomic mass is 10.3. The molecule has 3 atom stereocenters. The smallest absolute Gasteiger partial charge is 0.280 e. The van der Waals surface area contributed by atoms with Gasteiger partial charge < -0.3 is 14.2 Å². The van der Waals surface area contributed by atoms with E-state index in [1.54, 1.807) is 14.0 Å². The highest BCUT2D eigenvalue weighted by atomic mass is 35.5. The van der Waals surface area contributed by atoms with Gasteiger partial charge in [0.1, 0.15) is 6.10 Å². The second-order valence-corrected chi connectivity index (χ2v) is 3.01. The summed E-state index contributed by atoms with van der Waals surface area (Å²) in [5.74, 6) is -0.473. The molecule has 0 N–H and O–H groups in total. The van der Waals surface area contributed by atoms with Crippen LogP contribution in [0.15, 0.2) is 0 Å². The predicted octanol–water partition coefficient (Wildman–Crippen LogP) is 1.35. The van der Waals surface area contributed by atoms with Gasteiger partial charge in [0.2, 0.25) is 0 Å². The van der Waals surface area contributed by atoms with E-state index in [1.807, 2.05) is 6.92 Å². The second kappa shape index (κ2) is 3.27. The number of rotatable bonds is 2. The molecule has 0 aromatic heterocycles. The van der Waals surface area contributed by atoms with Crippen molar-refractivity contribution < 1.29 is 14.2 Å². The molecule has 0 amide bonds.